The first-order valence-corrected chi connectivity index (χ1v) is 8.97. The molecule has 5 heteroatoms. The molecule has 4 nitrogen and oxygen atoms in total. The van der Waals surface area contributed by atoms with E-state index in [-0.39, 0.29) is 23.2 Å². The maximum Gasteiger partial charge on any atom is 0.339 e. The molecule has 2 aromatic carbocycles. The van der Waals surface area contributed by atoms with E-state index >= 15 is 0 Å². The van der Waals surface area contributed by atoms with E-state index in [9.17, 15) is 13.2 Å². The van der Waals surface area contributed by atoms with Crippen molar-refractivity contribution < 1.29 is 17.9 Å². The number of carbonyl (C=O) groups is 1. The minimum atomic E-state index is -3.23. The Bertz CT molecular complexity index is 863. The van der Waals surface area contributed by atoms with Gasteiger partial charge >= 0.3 is 5.97 Å². The van der Waals surface area contributed by atoms with Gasteiger partial charge in [0, 0.05) is 5.57 Å². The Morgan fingerprint density at radius 3 is 2.22 bits per heavy atom. The highest BCUT2D eigenvalue weighted by Gasteiger charge is 2.27. The number of ether oxygens (including phenoxy) is 1. The van der Waals surface area contributed by atoms with Gasteiger partial charge in [-0.3, -0.25) is 0 Å². The number of hydrogen-bond acceptors (Lipinski definition) is 4. The van der Waals surface area contributed by atoms with Gasteiger partial charge in [-0.25, -0.2) is 13.2 Å². The lowest BCUT2D eigenvalue weighted by atomic mass is 9.97. The maximum atomic E-state index is 12.1. The van der Waals surface area contributed by atoms with Crippen molar-refractivity contribution in [2.75, 3.05) is 12.4 Å². The van der Waals surface area contributed by atoms with Crippen LogP contribution in [0.25, 0.3) is 11.1 Å². The van der Waals surface area contributed by atoms with Crippen molar-refractivity contribution in [3.05, 3.63) is 65.7 Å². The maximum absolute atomic E-state index is 12.1. The van der Waals surface area contributed by atoms with Crippen molar-refractivity contribution >= 4 is 27.0 Å². The number of hydrogen-bond donors (Lipinski definition) is 0. The number of cyclic esters (lactones) is 1. The first kappa shape index (κ1) is 15.5. The summed E-state index contributed by atoms with van der Waals surface area (Å²) in [5.74, 6) is -0.289. The van der Waals surface area contributed by atoms with Crippen LogP contribution in [0.3, 0.4) is 0 Å². The topological polar surface area (TPSA) is 60.4 Å². The second kappa shape index (κ2) is 6.01. The zero-order valence-electron chi connectivity index (χ0n) is 12.7. The third-order valence-corrected chi connectivity index (χ3v) is 5.61. The van der Waals surface area contributed by atoms with Crippen molar-refractivity contribution in [3.63, 3.8) is 0 Å². The summed E-state index contributed by atoms with van der Waals surface area (Å²) in [5, 5.41) is 0. The van der Waals surface area contributed by atoms with Gasteiger partial charge < -0.3 is 4.74 Å². The predicted octanol–water partition coefficient (Wildman–Crippen LogP) is 2.95. The molecule has 0 saturated heterocycles. The molecule has 0 N–H and O–H groups in total. The van der Waals surface area contributed by atoms with Gasteiger partial charge in [-0.1, -0.05) is 49.4 Å². The fraction of sp³-hybridized carbons (Fsp3) is 0.167. The third-order valence-electron chi connectivity index (χ3n) is 3.86. The number of rotatable bonds is 4. The largest absolute Gasteiger partial charge is 0.457 e. The molecule has 0 radical (unpaired) electrons. The summed E-state index contributed by atoms with van der Waals surface area (Å²) < 4.78 is 28.9. The van der Waals surface area contributed by atoms with E-state index < -0.39 is 9.84 Å². The highest BCUT2D eigenvalue weighted by atomic mass is 32.2. The zero-order valence-corrected chi connectivity index (χ0v) is 13.5. The molecule has 0 atom stereocenters. The number of esters is 1. The number of benzene rings is 2. The molecule has 0 amide bonds. The summed E-state index contributed by atoms with van der Waals surface area (Å²) in [7, 11) is -3.23. The van der Waals surface area contributed by atoms with Crippen molar-refractivity contribution in [1.82, 2.24) is 0 Å². The summed E-state index contributed by atoms with van der Waals surface area (Å²) in [6, 6.07) is 15.9. The van der Waals surface area contributed by atoms with Gasteiger partial charge in [0.05, 0.1) is 16.2 Å². The second-order valence-corrected chi connectivity index (χ2v) is 7.50. The monoisotopic (exact) mass is 328 g/mol. The second-order valence-electron chi connectivity index (χ2n) is 5.22. The zero-order chi connectivity index (χ0) is 16.4. The fourth-order valence-electron chi connectivity index (χ4n) is 2.56. The summed E-state index contributed by atoms with van der Waals surface area (Å²) in [4.78, 5) is 12.3. The first-order valence-electron chi connectivity index (χ1n) is 7.32. The summed E-state index contributed by atoms with van der Waals surface area (Å²) in [6.45, 7) is 1.81. The molecule has 2 aromatic rings. The first-order chi connectivity index (χ1) is 11.0. The predicted molar refractivity (Wildman–Crippen MR) is 88.4 cm³/mol. The summed E-state index contributed by atoms with van der Waals surface area (Å²) in [5.41, 5.74) is 2.92. The van der Waals surface area contributed by atoms with Crippen molar-refractivity contribution in [2.45, 2.75) is 11.8 Å². The Balaban J connectivity index is 2.06. The van der Waals surface area contributed by atoms with E-state index in [1.807, 2.05) is 30.3 Å². The standard InChI is InChI=1S/C18H16O4S/c1-2-23(20,21)15-10-8-13(9-11-15)16-12-22-18(19)17(16)14-6-4-3-5-7-14/h3-11H,2,12H2,1H3. The lowest BCUT2D eigenvalue weighted by Gasteiger charge is -2.06. The van der Waals surface area contributed by atoms with Crippen LogP contribution in [0.4, 0.5) is 0 Å². The van der Waals surface area contributed by atoms with Gasteiger partial charge in [-0.05, 0) is 23.3 Å². The molecule has 1 aliphatic heterocycles. The van der Waals surface area contributed by atoms with E-state index in [2.05, 4.69) is 0 Å². The average molecular weight is 328 g/mol. The van der Waals surface area contributed by atoms with Crippen LogP contribution in [0.5, 0.6) is 0 Å². The van der Waals surface area contributed by atoms with Crippen LogP contribution in [0.15, 0.2) is 59.5 Å². The van der Waals surface area contributed by atoms with E-state index in [1.54, 1.807) is 31.2 Å². The summed E-state index contributed by atoms with van der Waals surface area (Å²) >= 11 is 0. The van der Waals surface area contributed by atoms with Gasteiger partial charge in [-0.15, -0.1) is 0 Å². The Morgan fingerprint density at radius 2 is 1.61 bits per heavy atom. The highest BCUT2D eigenvalue weighted by molar-refractivity contribution is 7.91. The molecule has 0 fully saturated rings. The minimum Gasteiger partial charge on any atom is -0.457 e. The molecule has 0 spiro atoms. The Morgan fingerprint density at radius 1 is 0.957 bits per heavy atom. The van der Waals surface area contributed by atoms with E-state index in [1.165, 1.54) is 0 Å². The van der Waals surface area contributed by atoms with Crippen LogP contribution >= 0.6 is 0 Å². The lowest BCUT2D eigenvalue weighted by molar-refractivity contribution is -0.133. The van der Waals surface area contributed by atoms with E-state index in [0.29, 0.717) is 5.57 Å². The molecule has 0 aliphatic carbocycles. The van der Waals surface area contributed by atoms with Crippen LogP contribution in [-0.2, 0) is 19.4 Å². The molecule has 1 heterocycles. The molecular formula is C18H16O4S. The van der Waals surface area contributed by atoms with E-state index in [4.69, 9.17) is 4.74 Å². The molecule has 0 aromatic heterocycles. The Labute approximate surface area is 135 Å². The lowest BCUT2D eigenvalue weighted by Crippen LogP contribution is -2.03. The quantitative estimate of drug-likeness (QED) is 0.810. The van der Waals surface area contributed by atoms with Crippen molar-refractivity contribution in [3.8, 4) is 0 Å². The third kappa shape index (κ3) is 2.92. The SMILES string of the molecule is CCS(=O)(=O)c1ccc(C2=C(c3ccccc3)C(=O)OC2)cc1. The van der Waals surface area contributed by atoms with Gasteiger partial charge in [-0.2, -0.15) is 0 Å². The average Bonchev–Trinajstić information content (AvgIpc) is 2.97. The van der Waals surface area contributed by atoms with E-state index in [0.717, 1.165) is 16.7 Å². The van der Waals surface area contributed by atoms with Gasteiger partial charge in [0.2, 0.25) is 0 Å². The van der Waals surface area contributed by atoms with Crippen LogP contribution in [0, 0.1) is 0 Å². The molecule has 0 unspecified atom stereocenters. The normalized spacial score (nSPS) is 14.9. The number of carbonyl (C=O) groups excluding carboxylic acids is 1. The fourth-order valence-corrected chi connectivity index (χ4v) is 3.44. The van der Waals surface area contributed by atoms with Crippen LogP contribution in [0.1, 0.15) is 18.1 Å². The van der Waals surface area contributed by atoms with Crippen LogP contribution in [-0.4, -0.2) is 26.7 Å². The highest BCUT2D eigenvalue weighted by Crippen LogP contribution is 2.33. The molecule has 1 aliphatic rings. The molecule has 118 valence electrons. The minimum absolute atomic E-state index is 0.0614. The molecule has 23 heavy (non-hydrogen) atoms. The number of sulfone groups is 1. The van der Waals surface area contributed by atoms with Crippen molar-refractivity contribution in [1.29, 1.82) is 0 Å². The van der Waals surface area contributed by atoms with Crippen molar-refractivity contribution in [2.24, 2.45) is 0 Å². The smallest absolute Gasteiger partial charge is 0.339 e. The molecule has 3 rings (SSSR count). The molecule has 0 bridgehead atoms. The van der Waals surface area contributed by atoms with Gasteiger partial charge in [0.1, 0.15) is 6.61 Å². The van der Waals surface area contributed by atoms with Gasteiger partial charge in [0.15, 0.2) is 9.84 Å². The molecular weight excluding hydrogens is 312 g/mol. The van der Waals surface area contributed by atoms with Gasteiger partial charge in [0.25, 0.3) is 0 Å². The Kier molecular flexibility index (Phi) is 4.05. The van der Waals surface area contributed by atoms with Crippen LogP contribution < -0.4 is 0 Å². The summed E-state index contributed by atoms with van der Waals surface area (Å²) in [6.07, 6.45) is 0. The molecule has 0 saturated carbocycles. The Hall–Kier alpha value is -2.40. The van der Waals surface area contributed by atoms with Crippen LogP contribution in [0.2, 0.25) is 0 Å².